The summed E-state index contributed by atoms with van der Waals surface area (Å²) in [6.45, 7) is 27.0. The lowest BCUT2D eigenvalue weighted by Crippen LogP contribution is -2.39. The minimum atomic E-state index is -1.01. The van der Waals surface area contributed by atoms with Gasteiger partial charge in [-0.3, -0.25) is 0 Å². The van der Waals surface area contributed by atoms with E-state index in [0.717, 1.165) is 80.8 Å². The number of methoxy groups -OCH3 is 1. The van der Waals surface area contributed by atoms with Gasteiger partial charge in [0.15, 0.2) is 0 Å². The molecule has 0 spiro atoms. The minimum Gasteiger partial charge on any atom is -0.479 e. The maximum absolute atomic E-state index is 11.9. The molecule has 2 aromatic rings. The van der Waals surface area contributed by atoms with Crippen LogP contribution in [0.2, 0.25) is 0 Å². The average molecular weight is 603 g/mol. The molecule has 0 radical (unpaired) electrons. The molecule has 4 heterocycles. The van der Waals surface area contributed by atoms with Crippen LogP contribution in [-0.4, -0.2) is 75.8 Å². The van der Waals surface area contributed by atoms with Crippen molar-refractivity contribution in [1.29, 1.82) is 0 Å². The summed E-state index contributed by atoms with van der Waals surface area (Å²) in [6.07, 6.45) is 3.85. The Morgan fingerprint density at radius 2 is 1.24 bits per heavy atom. The number of thiophene rings is 2. The number of esters is 1. The van der Waals surface area contributed by atoms with Crippen LogP contribution in [0, 0.1) is 27.0 Å². The largest absolute Gasteiger partial charge is 0.479 e. The highest BCUT2D eigenvalue weighted by atomic mass is 32.1. The fourth-order valence-corrected chi connectivity index (χ4v) is 7.84. The van der Waals surface area contributed by atoms with E-state index in [2.05, 4.69) is 33.3 Å². The zero-order chi connectivity index (χ0) is 30.1. The van der Waals surface area contributed by atoms with Crippen LogP contribution in [0.5, 0.6) is 0 Å². The van der Waals surface area contributed by atoms with E-state index in [1.54, 1.807) is 6.92 Å². The summed E-state index contributed by atoms with van der Waals surface area (Å²) in [5, 5.41) is 11.9. The molecule has 0 bridgehead atoms. The first-order valence-corrected chi connectivity index (χ1v) is 15.4. The highest BCUT2D eigenvalue weighted by molar-refractivity contribution is 7.21. The van der Waals surface area contributed by atoms with Crippen molar-refractivity contribution in [1.82, 2.24) is 0 Å². The Balaban J connectivity index is 0.000000226. The van der Waals surface area contributed by atoms with Crippen molar-refractivity contribution >= 4 is 54.6 Å². The normalized spacial score (nSPS) is 15.7. The fraction of sp³-hybridized carbons (Fsp3) is 0.586. The number of aromatic carboxylic acids is 1. The second kappa shape index (κ2) is 15.2. The van der Waals surface area contributed by atoms with E-state index >= 15 is 0 Å². The van der Waals surface area contributed by atoms with Crippen molar-refractivity contribution in [3.05, 3.63) is 45.1 Å². The fourth-order valence-electron chi connectivity index (χ4n) is 5.40. The van der Waals surface area contributed by atoms with E-state index in [1.807, 2.05) is 6.92 Å². The summed E-state index contributed by atoms with van der Waals surface area (Å²) < 4.78 is 15.6. The molecule has 2 aliphatic rings. The molecular formula is C29H38N4O6S2. The molecule has 0 amide bonds. The summed E-state index contributed by atoms with van der Waals surface area (Å²) in [7, 11) is 1.35. The zero-order valence-corrected chi connectivity index (χ0v) is 26.0. The summed E-state index contributed by atoms with van der Waals surface area (Å²) >= 11 is 2.68. The number of hydrogen-bond donors (Lipinski definition) is 1. The molecule has 12 heteroatoms. The molecule has 0 aliphatic carbocycles. The Morgan fingerprint density at radius 3 is 1.56 bits per heavy atom. The highest BCUT2D eigenvalue weighted by Crippen LogP contribution is 2.44. The van der Waals surface area contributed by atoms with Gasteiger partial charge in [-0.05, 0) is 64.5 Å². The van der Waals surface area contributed by atoms with Gasteiger partial charge in [0, 0.05) is 51.6 Å². The van der Waals surface area contributed by atoms with E-state index in [9.17, 15) is 14.7 Å². The summed E-state index contributed by atoms with van der Waals surface area (Å²) in [6, 6.07) is 0.775. The quantitative estimate of drug-likeness (QED) is 0.263. The van der Waals surface area contributed by atoms with Crippen LogP contribution in [0.15, 0.2) is 0 Å². The smallest absolute Gasteiger partial charge is 0.328 e. The number of hydrogen-bond acceptors (Lipinski definition) is 9. The summed E-state index contributed by atoms with van der Waals surface area (Å²) in [5.74, 6) is -1.44. The van der Waals surface area contributed by atoms with E-state index in [0.29, 0.717) is 28.2 Å². The number of carboxylic acids is 1. The van der Waals surface area contributed by atoms with Crippen molar-refractivity contribution in [2.75, 3.05) is 56.4 Å². The van der Waals surface area contributed by atoms with Gasteiger partial charge in [0.05, 0.1) is 41.4 Å². The first-order valence-electron chi connectivity index (χ1n) is 13.8. The van der Waals surface area contributed by atoms with Crippen LogP contribution in [0.25, 0.3) is 9.69 Å². The molecule has 4 rings (SSSR count). The Morgan fingerprint density at radius 1 is 0.854 bits per heavy atom. The van der Waals surface area contributed by atoms with E-state index < -0.39 is 11.9 Å². The molecule has 1 N–H and O–H groups in total. The van der Waals surface area contributed by atoms with Crippen molar-refractivity contribution < 1.29 is 28.9 Å². The monoisotopic (exact) mass is 602 g/mol. The summed E-state index contributed by atoms with van der Waals surface area (Å²) in [4.78, 5) is 34.6. The average Bonchev–Trinajstić information content (AvgIpc) is 3.51. The molecule has 2 saturated heterocycles. The predicted molar refractivity (Wildman–Crippen MR) is 163 cm³/mol. The molecule has 0 atom stereocenters. The first kappa shape index (κ1) is 32.4. The maximum Gasteiger partial charge on any atom is 0.328 e. The van der Waals surface area contributed by atoms with Crippen LogP contribution < -0.4 is 9.80 Å². The van der Waals surface area contributed by atoms with Gasteiger partial charge >= 0.3 is 11.9 Å². The van der Waals surface area contributed by atoms with Gasteiger partial charge in [0.2, 0.25) is 0 Å². The van der Waals surface area contributed by atoms with Gasteiger partial charge < -0.3 is 29.1 Å². The number of carbonyl (C=O) groups is 2. The van der Waals surface area contributed by atoms with Gasteiger partial charge in [-0.15, -0.1) is 22.7 Å². The number of nitrogens with zero attached hydrogens (tertiary/aromatic N) is 4. The highest BCUT2D eigenvalue weighted by Gasteiger charge is 2.29. The lowest BCUT2D eigenvalue weighted by Gasteiger charge is -2.35. The number of rotatable bonds is 8. The van der Waals surface area contributed by atoms with Gasteiger partial charge in [0.25, 0.3) is 10.0 Å². The van der Waals surface area contributed by atoms with Gasteiger partial charge in [0.1, 0.15) is 0 Å². The molecule has 10 nitrogen and oxygen atoms in total. The maximum atomic E-state index is 11.9. The van der Waals surface area contributed by atoms with Gasteiger partial charge in [-0.1, -0.05) is 0 Å². The minimum absolute atomic E-state index is 0.158. The topological polar surface area (TPSA) is 97.3 Å². The Hall–Kier alpha value is -3.16. The lowest BCUT2D eigenvalue weighted by atomic mass is 10.1. The molecule has 0 unspecified atom stereocenters. The molecule has 0 aromatic carbocycles. The molecule has 2 aliphatic heterocycles. The molecular weight excluding hydrogens is 564 g/mol. The molecule has 2 fully saturated rings. The van der Waals surface area contributed by atoms with Crippen molar-refractivity contribution in [2.24, 2.45) is 0 Å². The molecule has 2 aromatic heterocycles. The Kier molecular flexibility index (Phi) is 12.0. The zero-order valence-electron chi connectivity index (χ0n) is 24.3. The van der Waals surface area contributed by atoms with Crippen LogP contribution in [-0.2, 0) is 14.2 Å². The number of carboxylic acid groups (broad SMARTS) is 1. The van der Waals surface area contributed by atoms with Crippen LogP contribution in [0.1, 0.15) is 71.4 Å². The van der Waals surface area contributed by atoms with Crippen molar-refractivity contribution in [3.8, 4) is 0 Å². The molecule has 0 saturated carbocycles. The second-order valence-corrected chi connectivity index (χ2v) is 11.7. The third-order valence-electron chi connectivity index (χ3n) is 7.48. The second-order valence-electron chi connectivity index (χ2n) is 9.70. The van der Waals surface area contributed by atoms with Gasteiger partial charge in [-0.2, -0.15) is 0 Å². The van der Waals surface area contributed by atoms with Crippen molar-refractivity contribution in [2.45, 2.75) is 65.5 Å². The van der Waals surface area contributed by atoms with Crippen LogP contribution in [0.4, 0.5) is 20.0 Å². The first-order chi connectivity index (χ1) is 19.7. The van der Waals surface area contributed by atoms with Gasteiger partial charge in [-0.25, -0.2) is 19.3 Å². The standard InChI is InChI=1S/C15H20N2O3S.C14H18N2O3S/c1-5-17(11-6-8-20-9-7-11)14-10(2)12(15(18)19-4)13(16-3)21-14;1-4-16(10-5-7-19-8-6-10)13-9(2)11(14(17)18)12(15-3)20-13/h11H,5-9H2,1-2,4H3;10H,4-8H2,1-2H3,(H,17,18). The molecule has 41 heavy (non-hydrogen) atoms. The SMILES string of the molecule is [C-]#[N+]c1sc(N(CC)C2CCOCC2)c(C)c1C(=O)O.[C-]#[N+]c1sc(N(CC)C2CCOCC2)c(C)c1C(=O)OC. The van der Waals surface area contributed by atoms with E-state index in [1.165, 1.54) is 29.8 Å². The third-order valence-corrected chi connectivity index (χ3v) is 9.92. The predicted octanol–water partition coefficient (Wildman–Crippen LogP) is 6.71. The number of ether oxygens (including phenoxy) is 3. The van der Waals surface area contributed by atoms with Crippen molar-refractivity contribution in [3.63, 3.8) is 0 Å². The molecule has 222 valence electrons. The lowest BCUT2D eigenvalue weighted by molar-refractivity contribution is 0.0600. The van der Waals surface area contributed by atoms with Crippen LogP contribution in [0.3, 0.4) is 0 Å². The summed E-state index contributed by atoms with van der Waals surface area (Å²) in [5.41, 5.74) is 2.14. The van der Waals surface area contributed by atoms with Crippen LogP contribution >= 0.6 is 22.7 Å². The number of carbonyl (C=O) groups excluding carboxylic acids is 1. The third kappa shape index (κ3) is 7.19. The Bertz CT molecular complexity index is 1300. The number of anilines is 2. The van der Waals surface area contributed by atoms with E-state index in [4.69, 9.17) is 27.4 Å². The van der Waals surface area contributed by atoms with E-state index in [-0.39, 0.29) is 10.6 Å². The Labute approximate surface area is 250 Å².